The van der Waals surface area contributed by atoms with E-state index >= 15 is 0 Å². The number of rotatable bonds is 4. The first kappa shape index (κ1) is 17.7. The van der Waals surface area contributed by atoms with Gasteiger partial charge in [-0.15, -0.1) is 3.77 Å². The molecule has 1 unspecified atom stereocenters. The van der Waals surface area contributed by atoms with Gasteiger partial charge in [0.25, 0.3) is 13.1 Å². The van der Waals surface area contributed by atoms with Crippen molar-refractivity contribution in [2.45, 2.75) is 21.4 Å². The number of alkyl halides is 3. The molecule has 10 heteroatoms. The Morgan fingerprint density at radius 3 is 2.30 bits per heavy atom. The third-order valence-corrected chi connectivity index (χ3v) is 6.39. The van der Waals surface area contributed by atoms with E-state index in [1.54, 1.807) is 25.1 Å². The molecule has 0 aromatic heterocycles. The second-order valence-corrected chi connectivity index (χ2v) is 9.83. The highest BCUT2D eigenvalue weighted by atomic mass is 35.6. The monoisotopic (exact) mass is 376 g/mol. The van der Waals surface area contributed by atoms with E-state index in [9.17, 15) is 13.2 Å². The van der Waals surface area contributed by atoms with Crippen molar-refractivity contribution in [2.24, 2.45) is 3.77 Å². The highest BCUT2D eigenvalue weighted by Crippen LogP contribution is 2.32. The molecule has 0 heterocycles. The maximum absolute atomic E-state index is 12.1. The molecule has 0 spiro atoms. The average Bonchev–Trinajstić information content (AvgIpc) is 2.37. The van der Waals surface area contributed by atoms with E-state index in [0.29, 0.717) is 0 Å². The Morgan fingerprint density at radius 1 is 1.30 bits per heavy atom. The van der Waals surface area contributed by atoms with Gasteiger partial charge in [0.2, 0.25) is 5.91 Å². The second kappa shape index (κ2) is 7.09. The van der Waals surface area contributed by atoms with Gasteiger partial charge in [-0.1, -0.05) is 59.9 Å². The van der Waals surface area contributed by atoms with Crippen LogP contribution in [0.1, 0.15) is 13.3 Å². The average molecular weight is 378 g/mol. The predicted octanol–water partition coefficient (Wildman–Crippen LogP) is 2.95. The summed E-state index contributed by atoms with van der Waals surface area (Å²) in [5.74, 6) is -0.466. The lowest BCUT2D eigenvalue weighted by Gasteiger charge is -2.16. The normalized spacial score (nSPS) is 14.0. The number of sulfonamides is 1. The van der Waals surface area contributed by atoms with Crippen LogP contribution in [0.15, 0.2) is 39.0 Å². The Balaban J connectivity index is 3.23. The van der Waals surface area contributed by atoms with Crippen molar-refractivity contribution in [1.29, 1.82) is 0 Å². The first-order chi connectivity index (χ1) is 9.16. The largest absolute Gasteiger partial charge is 0.289 e. The molecule has 5 nitrogen and oxygen atoms in total. The highest BCUT2D eigenvalue weighted by Gasteiger charge is 2.30. The summed E-state index contributed by atoms with van der Waals surface area (Å²) in [4.78, 5) is 11.3. The first-order valence-corrected chi connectivity index (χ1v) is 9.06. The third-order valence-electron chi connectivity index (χ3n) is 1.96. The van der Waals surface area contributed by atoms with Gasteiger partial charge >= 0.3 is 0 Å². The molecule has 1 atom stereocenters. The molecule has 0 aliphatic rings. The molecular formula is C10H11Cl3N2O3S2. The summed E-state index contributed by atoms with van der Waals surface area (Å²) < 4.78 is 27.9. The Bertz CT molecular complexity index is 612. The molecule has 1 rings (SSSR count). The summed E-state index contributed by atoms with van der Waals surface area (Å²) in [6.45, 7) is 1.58. The van der Waals surface area contributed by atoms with E-state index in [1.807, 2.05) is 0 Å². The van der Waals surface area contributed by atoms with Gasteiger partial charge in [0.05, 0.1) is 15.8 Å². The lowest BCUT2D eigenvalue weighted by Crippen LogP contribution is -2.33. The van der Waals surface area contributed by atoms with Gasteiger partial charge in [-0.05, 0) is 12.1 Å². The van der Waals surface area contributed by atoms with Crippen LogP contribution in [0.2, 0.25) is 0 Å². The Kier molecular flexibility index (Phi) is 6.27. The van der Waals surface area contributed by atoms with Gasteiger partial charge in [-0.3, -0.25) is 9.52 Å². The Labute approximate surface area is 134 Å². The van der Waals surface area contributed by atoms with E-state index in [2.05, 4.69) is 8.49 Å². The number of nitrogens with one attached hydrogen (secondary N) is 1. The minimum atomic E-state index is -4.03. The molecule has 0 radical (unpaired) electrons. The van der Waals surface area contributed by atoms with E-state index in [-0.39, 0.29) is 11.3 Å². The number of halogens is 3. The van der Waals surface area contributed by atoms with Crippen molar-refractivity contribution in [2.75, 3.05) is 0 Å². The van der Waals surface area contributed by atoms with Gasteiger partial charge in [-0.2, -0.15) is 8.42 Å². The fraction of sp³-hybridized carbons (Fsp3) is 0.300. The van der Waals surface area contributed by atoms with Crippen LogP contribution in [0.4, 0.5) is 0 Å². The fourth-order valence-electron chi connectivity index (χ4n) is 1.03. The molecule has 1 amide bonds. The molecule has 112 valence electrons. The van der Waals surface area contributed by atoms with E-state index in [4.69, 9.17) is 34.8 Å². The van der Waals surface area contributed by atoms with Gasteiger partial charge in [0.1, 0.15) is 0 Å². The smallest absolute Gasteiger partial charge is 0.287 e. The van der Waals surface area contributed by atoms with Crippen LogP contribution in [0.25, 0.3) is 0 Å². The van der Waals surface area contributed by atoms with Gasteiger partial charge in [0, 0.05) is 6.42 Å². The number of benzene rings is 1. The number of hydrogen-bond acceptors (Lipinski definition) is 3. The zero-order valence-electron chi connectivity index (χ0n) is 10.2. The van der Waals surface area contributed by atoms with Crippen LogP contribution < -0.4 is 4.72 Å². The number of hydrogen-bond donors (Lipinski definition) is 1. The second-order valence-electron chi connectivity index (χ2n) is 3.47. The first-order valence-electron chi connectivity index (χ1n) is 5.30. The Hall–Kier alpha value is -0.340. The SMILES string of the molecule is CCC(=O)N/S(=N/S(=O)(=O)c1ccccc1)C(Cl)(Cl)Cl. The molecule has 0 saturated carbocycles. The maximum Gasteiger partial charge on any atom is 0.289 e. The summed E-state index contributed by atoms with van der Waals surface area (Å²) in [6.07, 6.45) is 0.116. The van der Waals surface area contributed by atoms with Crippen LogP contribution in [0, 0.1) is 0 Å². The van der Waals surface area contributed by atoms with Crippen molar-refractivity contribution < 1.29 is 13.2 Å². The minimum absolute atomic E-state index is 0.0440. The lowest BCUT2D eigenvalue weighted by molar-refractivity contribution is -0.118. The number of amides is 1. The van der Waals surface area contributed by atoms with Crippen LogP contribution in [0.3, 0.4) is 0 Å². The van der Waals surface area contributed by atoms with E-state index < -0.39 is 29.9 Å². The highest BCUT2D eigenvalue weighted by molar-refractivity contribution is 8.02. The van der Waals surface area contributed by atoms with Crippen LogP contribution in [0.5, 0.6) is 0 Å². The number of carbonyl (C=O) groups excluding carboxylic acids is 1. The molecular weight excluding hydrogens is 367 g/mol. The summed E-state index contributed by atoms with van der Waals surface area (Å²) >= 11 is 17.0. The molecule has 0 aliphatic carbocycles. The number of carbonyl (C=O) groups is 1. The topological polar surface area (TPSA) is 75.6 Å². The zero-order valence-corrected chi connectivity index (χ0v) is 14.1. The van der Waals surface area contributed by atoms with Crippen molar-refractivity contribution in [3.63, 3.8) is 0 Å². The van der Waals surface area contributed by atoms with Gasteiger partial charge in [-0.25, -0.2) is 0 Å². The molecule has 1 aromatic rings. The molecule has 20 heavy (non-hydrogen) atoms. The quantitative estimate of drug-likeness (QED) is 0.820. The molecule has 1 N–H and O–H groups in total. The summed E-state index contributed by atoms with van der Waals surface area (Å²) in [5.41, 5.74) is 0. The third kappa shape index (κ3) is 5.21. The van der Waals surface area contributed by atoms with Gasteiger partial charge < -0.3 is 0 Å². The standard InChI is InChI=1S/C10H11Cl3N2O3S2/c1-2-9(16)14-19(10(11,12)13)15-20(17,18)8-6-4-3-5-7-8/h3-7H,2H2,1H3,(H,14,15,16). The van der Waals surface area contributed by atoms with Crippen molar-refractivity contribution in [3.05, 3.63) is 30.3 Å². The Morgan fingerprint density at radius 2 is 1.85 bits per heavy atom. The van der Waals surface area contributed by atoms with Crippen LogP contribution in [-0.2, 0) is 25.7 Å². The molecule has 1 aromatic carbocycles. The van der Waals surface area contributed by atoms with Crippen LogP contribution in [-0.4, -0.2) is 17.4 Å². The van der Waals surface area contributed by atoms with Crippen molar-refractivity contribution in [3.8, 4) is 0 Å². The van der Waals surface area contributed by atoms with Crippen LogP contribution >= 0.6 is 34.8 Å². The molecule has 0 fully saturated rings. The fourth-order valence-corrected chi connectivity index (χ4v) is 4.73. The number of nitrogens with zero attached hydrogens (tertiary/aromatic N) is 1. The minimum Gasteiger partial charge on any atom is -0.287 e. The van der Waals surface area contributed by atoms with E-state index in [1.165, 1.54) is 12.1 Å². The maximum atomic E-state index is 12.1. The van der Waals surface area contributed by atoms with E-state index in [0.717, 1.165) is 0 Å². The molecule has 0 aliphatic heterocycles. The van der Waals surface area contributed by atoms with Gasteiger partial charge in [0.15, 0.2) is 0 Å². The van der Waals surface area contributed by atoms with Crippen molar-refractivity contribution in [1.82, 2.24) is 4.72 Å². The molecule has 0 saturated heterocycles. The summed E-state index contributed by atoms with van der Waals surface area (Å²) in [6, 6.07) is 7.47. The predicted molar refractivity (Wildman–Crippen MR) is 82.1 cm³/mol. The zero-order chi connectivity index (χ0) is 15.4. The van der Waals surface area contributed by atoms with Crippen molar-refractivity contribution >= 4 is 61.6 Å². The summed E-state index contributed by atoms with van der Waals surface area (Å²) in [7, 11) is -5.84. The summed E-state index contributed by atoms with van der Waals surface area (Å²) in [5, 5.41) is 0. The lowest BCUT2D eigenvalue weighted by atomic mass is 10.4. The molecule has 0 bridgehead atoms.